The maximum Gasteiger partial charge on any atom is 0.398 e. The summed E-state index contributed by atoms with van der Waals surface area (Å²) in [5.41, 5.74) is -0.282. The van der Waals surface area contributed by atoms with Crippen molar-refractivity contribution in [2.75, 3.05) is 17.6 Å². The van der Waals surface area contributed by atoms with E-state index in [-0.39, 0.29) is 28.0 Å². The summed E-state index contributed by atoms with van der Waals surface area (Å²) in [6.07, 6.45) is -7.01. The summed E-state index contributed by atoms with van der Waals surface area (Å²) >= 11 is 6.35. The Bertz CT molecular complexity index is 853. The predicted molar refractivity (Wildman–Crippen MR) is 98.5 cm³/mol. The molecular formula is C17H16ClF6N3OS. The highest BCUT2D eigenvalue weighted by Gasteiger charge is 2.28. The molecule has 4 nitrogen and oxygen atoms in total. The zero-order valence-electron chi connectivity index (χ0n) is 15.2. The van der Waals surface area contributed by atoms with Gasteiger partial charge in [-0.25, -0.2) is 23.1 Å². The third-order valence-electron chi connectivity index (χ3n) is 3.53. The summed E-state index contributed by atoms with van der Waals surface area (Å²) in [4.78, 5) is 7.40. The Morgan fingerprint density at radius 1 is 1.24 bits per heavy atom. The first-order valence-electron chi connectivity index (χ1n) is 8.16. The molecule has 29 heavy (non-hydrogen) atoms. The van der Waals surface area contributed by atoms with E-state index in [0.717, 1.165) is 12.4 Å². The van der Waals surface area contributed by atoms with E-state index in [9.17, 15) is 26.3 Å². The SMILES string of the molecule is Cc1cc(F)c(OC(C)CNc2ncnc(C(F)F)c2Cl)cc1SCC(F)(F)F. The van der Waals surface area contributed by atoms with E-state index < -0.39 is 36.0 Å². The Kier molecular flexibility index (Phi) is 7.87. The highest BCUT2D eigenvalue weighted by molar-refractivity contribution is 7.99. The van der Waals surface area contributed by atoms with Crippen molar-refractivity contribution >= 4 is 29.2 Å². The van der Waals surface area contributed by atoms with Crippen LogP contribution in [0.15, 0.2) is 23.4 Å². The van der Waals surface area contributed by atoms with Gasteiger partial charge in [-0.1, -0.05) is 11.6 Å². The first-order valence-corrected chi connectivity index (χ1v) is 9.53. The first kappa shape index (κ1) is 23.4. The van der Waals surface area contributed by atoms with E-state index in [1.54, 1.807) is 6.92 Å². The molecule has 1 atom stereocenters. The third kappa shape index (κ3) is 6.84. The lowest BCUT2D eigenvalue weighted by molar-refractivity contribution is -0.105. The molecule has 2 rings (SSSR count). The number of thioether (sulfide) groups is 1. The number of alkyl halides is 5. The Hall–Kier alpha value is -1.88. The molecule has 1 aromatic heterocycles. The van der Waals surface area contributed by atoms with Gasteiger partial charge in [0.05, 0.1) is 12.3 Å². The maximum atomic E-state index is 14.1. The van der Waals surface area contributed by atoms with Crippen LogP contribution < -0.4 is 10.1 Å². The summed E-state index contributed by atoms with van der Waals surface area (Å²) in [5.74, 6) is -2.12. The summed E-state index contributed by atoms with van der Waals surface area (Å²) in [7, 11) is 0. The number of anilines is 1. The predicted octanol–water partition coefficient (Wildman–Crippen LogP) is 6.05. The van der Waals surface area contributed by atoms with Gasteiger partial charge in [-0.15, -0.1) is 11.8 Å². The molecule has 0 amide bonds. The molecule has 2 aromatic rings. The molecule has 0 aliphatic carbocycles. The molecule has 1 aromatic carbocycles. The Morgan fingerprint density at radius 3 is 2.55 bits per heavy atom. The fourth-order valence-electron chi connectivity index (χ4n) is 2.20. The van der Waals surface area contributed by atoms with Gasteiger partial charge in [0.1, 0.15) is 29.0 Å². The number of benzene rings is 1. The van der Waals surface area contributed by atoms with Crippen LogP contribution in [-0.4, -0.2) is 34.5 Å². The second-order valence-corrected chi connectivity index (χ2v) is 7.38. The monoisotopic (exact) mass is 459 g/mol. The van der Waals surface area contributed by atoms with E-state index in [1.165, 1.54) is 13.0 Å². The van der Waals surface area contributed by atoms with Crippen LogP contribution in [0, 0.1) is 12.7 Å². The van der Waals surface area contributed by atoms with Crippen molar-refractivity contribution in [3.05, 3.63) is 40.6 Å². The van der Waals surface area contributed by atoms with Crippen LogP contribution >= 0.6 is 23.4 Å². The Morgan fingerprint density at radius 2 is 1.93 bits per heavy atom. The average molecular weight is 460 g/mol. The van der Waals surface area contributed by atoms with Gasteiger partial charge in [-0.2, -0.15) is 13.2 Å². The van der Waals surface area contributed by atoms with E-state index in [1.807, 2.05) is 0 Å². The number of hydrogen-bond acceptors (Lipinski definition) is 5. The Balaban J connectivity index is 2.05. The van der Waals surface area contributed by atoms with Gasteiger partial charge in [0, 0.05) is 4.90 Å². The second kappa shape index (κ2) is 9.75. The molecule has 0 saturated heterocycles. The van der Waals surface area contributed by atoms with Crippen LogP contribution in [0.3, 0.4) is 0 Å². The van der Waals surface area contributed by atoms with Crippen LogP contribution in [0.5, 0.6) is 5.75 Å². The lowest BCUT2D eigenvalue weighted by Crippen LogP contribution is -2.24. The second-order valence-electron chi connectivity index (χ2n) is 5.98. The summed E-state index contributed by atoms with van der Waals surface area (Å²) < 4.78 is 82.5. The van der Waals surface area contributed by atoms with Crippen LogP contribution in [0.4, 0.5) is 32.2 Å². The number of nitrogens with zero attached hydrogens (tertiary/aromatic N) is 2. The quantitative estimate of drug-likeness (QED) is 0.384. The lowest BCUT2D eigenvalue weighted by Gasteiger charge is -2.18. The molecule has 0 bridgehead atoms. The standard InChI is InChI=1S/C17H16ClF6N3OS/c1-8-3-10(19)11(4-12(8)29-6-17(22,23)24)28-9(2)5-25-16-13(18)14(15(20)21)26-7-27-16/h3-4,7,9,15H,5-6H2,1-2H3,(H,25,26,27). The number of aromatic nitrogens is 2. The van der Waals surface area contributed by atoms with Crippen molar-refractivity contribution in [3.63, 3.8) is 0 Å². The molecule has 0 fully saturated rings. The van der Waals surface area contributed by atoms with Crippen LogP contribution in [-0.2, 0) is 0 Å². The molecular weight excluding hydrogens is 444 g/mol. The van der Waals surface area contributed by atoms with Gasteiger partial charge in [-0.05, 0) is 31.5 Å². The van der Waals surface area contributed by atoms with E-state index in [4.69, 9.17) is 16.3 Å². The van der Waals surface area contributed by atoms with Gasteiger partial charge in [0.2, 0.25) is 0 Å². The molecule has 1 N–H and O–H groups in total. The molecule has 12 heteroatoms. The number of ether oxygens (including phenoxy) is 1. The lowest BCUT2D eigenvalue weighted by atomic mass is 10.2. The van der Waals surface area contributed by atoms with Crippen molar-refractivity contribution in [1.82, 2.24) is 9.97 Å². The molecule has 0 radical (unpaired) electrons. The zero-order valence-corrected chi connectivity index (χ0v) is 16.7. The van der Waals surface area contributed by atoms with Crippen molar-refractivity contribution in [2.45, 2.75) is 37.4 Å². The topological polar surface area (TPSA) is 47.0 Å². The largest absolute Gasteiger partial charge is 0.486 e. The van der Waals surface area contributed by atoms with E-state index in [2.05, 4.69) is 15.3 Å². The molecule has 0 aliphatic heterocycles. The number of rotatable bonds is 8. The minimum atomic E-state index is -4.36. The molecule has 0 aliphatic rings. The van der Waals surface area contributed by atoms with E-state index in [0.29, 0.717) is 17.3 Å². The number of aryl methyl sites for hydroxylation is 1. The summed E-state index contributed by atoms with van der Waals surface area (Å²) in [6.45, 7) is 3.06. The van der Waals surface area contributed by atoms with Gasteiger partial charge >= 0.3 is 6.18 Å². The molecule has 160 valence electrons. The first-order chi connectivity index (χ1) is 13.5. The minimum Gasteiger partial charge on any atom is -0.486 e. The molecule has 1 heterocycles. The number of halogens is 7. The minimum absolute atomic E-state index is 0.0117. The molecule has 1 unspecified atom stereocenters. The molecule has 0 spiro atoms. The van der Waals surface area contributed by atoms with Crippen molar-refractivity contribution < 1.29 is 31.1 Å². The Labute approximate surface area is 172 Å². The maximum absolute atomic E-state index is 14.1. The van der Waals surface area contributed by atoms with E-state index >= 15 is 0 Å². The smallest absolute Gasteiger partial charge is 0.398 e. The van der Waals surface area contributed by atoms with Gasteiger partial charge < -0.3 is 10.1 Å². The highest BCUT2D eigenvalue weighted by Crippen LogP contribution is 2.34. The van der Waals surface area contributed by atoms with Gasteiger partial charge in [0.15, 0.2) is 11.6 Å². The zero-order chi connectivity index (χ0) is 21.8. The molecule has 0 saturated carbocycles. The normalized spacial score (nSPS) is 12.9. The van der Waals surface area contributed by atoms with Crippen LogP contribution in [0.1, 0.15) is 24.6 Å². The number of hydrogen-bond donors (Lipinski definition) is 1. The average Bonchev–Trinajstić information content (AvgIpc) is 2.61. The number of nitrogens with one attached hydrogen (secondary N) is 1. The fourth-order valence-corrected chi connectivity index (χ4v) is 3.24. The third-order valence-corrected chi connectivity index (χ3v) is 5.12. The summed E-state index contributed by atoms with van der Waals surface area (Å²) in [6, 6.07) is 2.29. The van der Waals surface area contributed by atoms with Crippen molar-refractivity contribution in [2.24, 2.45) is 0 Å². The van der Waals surface area contributed by atoms with Gasteiger partial charge in [-0.3, -0.25) is 0 Å². The van der Waals surface area contributed by atoms with Crippen molar-refractivity contribution in [1.29, 1.82) is 0 Å². The van der Waals surface area contributed by atoms with Crippen LogP contribution in [0.2, 0.25) is 5.02 Å². The van der Waals surface area contributed by atoms with Crippen molar-refractivity contribution in [3.8, 4) is 5.75 Å². The van der Waals surface area contributed by atoms with Crippen LogP contribution in [0.25, 0.3) is 0 Å². The fraction of sp³-hybridized carbons (Fsp3) is 0.412. The van der Waals surface area contributed by atoms with Gasteiger partial charge in [0.25, 0.3) is 6.43 Å². The summed E-state index contributed by atoms with van der Waals surface area (Å²) in [5, 5.41) is 2.36. The highest BCUT2D eigenvalue weighted by atomic mass is 35.5.